The fourth-order valence-corrected chi connectivity index (χ4v) is 3.07. The average Bonchev–Trinajstić information content (AvgIpc) is 2.83. The van der Waals surface area contributed by atoms with E-state index in [-0.39, 0.29) is 11.8 Å². The minimum atomic E-state index is 0.121. The highest BCUT2D eigenvalue weighted by molar-refractivity contribution is 7.80. The number of thiocarbonyl (C=S) groups is 1. The van der Waals surface area contributed by atoms with Crippen LogP contribution in [0.15, 0.2) is 0 Å². The monoisotopic (exact) mass is 312 g/mol. The molecule has 0 saturated carbocycles. The number of rotatable bonds is 6. The molecule has 0 aromatic carbocycles. The van der Waals surface area contributed by atoms with Crippen molar-refractivity contribution in [3.63, 3.8) is 0 Å². The van der Waals surface area contributed by atoms with Crippen LogP contribution in [0.2, 0.25) is 0 Å². The summed E-state index contributed by atoms with van der Waals surface area (Å²) < 4.78 is 0. The number of carbonyl (C=O) groups excluding carboxylic acids is 2. The summed E-state index contributed by atoms with van der Waals surface area (Å²) in [5.41, 5.74) is 5.45. The summed E-state index contributed by atoms with van der Waals surface area (Å²) in [6.45, 7) is 3.91. The van der Waals surface area contributed by atoms with E-state index >= 15 is 0 Å². The molecule has 0 bridgehead atoms. The maximum Gasteiger partial charge on any atom is 0.223 e. The summed E-state index contributed by atoms with van der Waals surface area (Å²) in [4.78, 5) is 30.1. The Morgan fingerprint density at radius 2 is 2.19 bits per heavy atom. The predicted octanol–water partition coefficient (Wildman–Crippen LogP) is -0.182. The van der Waals surface area contributed by atoms with Crippen LogP contribution in [0.1, 0.15) is 25.7 Å². The van der Waals surface area contributed by atoms with Gasteiger partial charge in [-0.15, -0.1) is 0 Å². The Morgan fingerprint density at radius 3 is 2.90 bits per heavy atom. The second-order valence-electron chi connectivity index (χ2n) is 5.86. The number of fused-ring (bicyclic) bond motifs is 1. The first kappa shape index (κ1) is 16.2. The zero-order valence-corrected chi connectivity index (χ0v) is 13.4. The van der Waals surface area contributed by atoms with Crippen LogP contribution in [-0.4, -0.2) is 77.3 Å². The van der Waals surface area contributed by atoms with E-state index in [9.17, 15) is 9.59 Å². The minimum Gasteiger partial charge on any atom is -0.393 e. The van der Waals surface area contributed by atoms with E-state index in [2.05, 4.69) is 4.90 Å². The molecule has 0 radical (unpaired) electrons. The molecular weight excluding hydrogens is 288 g/mol. The lowest BCUT2D eigenvalue weighted by molar-refractivity contribution is -0.132. The Bertz CT molecular complexity index is 429. The first-order valence-electron chi connectivity index (χ1n) is 7.51. The average molecular weight is 312 g/mol. The second kappa shape index (κ2) is 7.17. The van der Waals surface area contributed by atoms with Gasteiger partial charge >= 0.3 is 0 Å². The van der Waals surface area contributed by atoms with Gasteiger partial charge in [-0.1, -0.05) is 12.2 Å². The number of carbonyl (C=O) groups is 2. The predicted molar refractivity (Wildman–Crippen MR) is 84.8 cm³/mol. The van der Waals surface area contributed by atoms with Crippen molar-refractivity contribution in [2.24, 2.45) is 5.73 Å². The van der Waals surface area contributed by atoms with Crippen molar-refractivity contribution >= 4 is 29.0 Å². The smallest absolute Gasteiger partial charge is 0.223 e. The number of nitrogens with two attached hydrogens (primary N) is 1. The van der Waals surface area contributed by atoms with E-state index in [0.29, 0.717) is 36.8 Å². The SMILES string of the molecule is CN(CCC(N)=S)C(=O)CCN1CCN2C(=O)CCC2C1. The van der Waals surface area contributed by atoms with Gasteiger partial charge < -0.3 is 15.5 Å². The summed E-state index contributed by atoms with van der Waals surface area (Å²) in [5.74, 6) is 0.407. The molecule has 2 aliphatic rings. The molecule has 6 nitrogen and oxygen atoms in total. The fraction of sp³-hybridized carbons (Fsp3) is 0.786. The van der Waals surface area contributed by atoms with Crippen molar-refractivity contribution in [3.8, 4) is 0 Å². The van der Waals surface area contributed by atoms with Crippen LogP contribution in [0.3, 0.4) is 0 Å². The molecule has 21 heavy (non-hydrogen) atoms. The fourth-order valence-electron chi connectivity index (χ4n) is 2.98. The van der Waals surface area contributed by atoms with Gasteiger partial charge in [-0.05, 0) is 6.42 Å². The first-order valence-corrected chi connectivity index (χ1v) is 7.92. The number of hydrogen-bond donors (Lipinski definition) is 1. The number of nitrogens with zero attached hydrogens (tertiary/aromatic N) is 3. The van der Waals surface area contributed by atoms with Gasteiger partial charge in [0.1, 0.15) is 0 Å². The molecular formula is C14H24N4O2S. The van der Waals surface area contributed by atoms with Crippen LogP contribution >= 0.6 is 12.2 Å². The van der Waals surface area contributed by atoms with Crippen LogP contribution in [-0.2, 0) is 9.59 Å². The third-order valence-electron chi connectivity index (χ3n) is 4.34. The summed E-state index contributed by atoms with van der Waals surface area (Å²) in [6.07, 6.45) is 2.71. The third-order valence-corrected chi connectivity index (χ3v) is 4.54. The van der Waals surface area contributed by atoms with Gasteiger partial charge in [-0.25, -0.2) is 0 Å². The van der Waals surface area contributed by atoms with Crippen molar-refractivity contribution < 1.29 is 9.59 Å². The van der Waals surface area contributed by atoms with Crippen molar-refractivity contribution in [2.45, 2.75) is 31.7 Å². The van der Waals surface area contributed by atoms with Crippen molar-refractivity contribution in [2.75, 3.05) is 39.8 Å². The molecule has 2 saturated heterocycles. The maximum absolute atomic E-state index is 12.0. The second-order valence-corrected chi connectivity index (χ2v) is 6.39. The van der Waals surface area contributed by atoms with Crippen LogP contribution in [0.25, 0.3) is 0 Å². The van der Waals surface area contributed by atoms with Crippen LogP contribution < -0.4 is 5.73 Å². The molecule has 0 spiro atoms. The van der Waals surface area contributed by atoms with Crippen LogP contribution in [0, 0.1) is 0 Å². The molecule has 0 aromatic heterocycles. The molecule has 0 aromatic rings. The van der Waals surface area contributed by atoms with Crippen molar-refractivity contribution in [1.82, 2.24) is 14.7 Å². The van der Waals surface area contributed by atoms with Gasteiger partial charge in [0.25, 0.3) is 0 Å². The zero-order valence-electron chi connectivity index (χ0n) is 12.6. The van der Waals surface area contributed by atoms with E-state index in [4.69, 9.17) is 18.0 Å². The van der Waals surface area contributed by atoms with Gasteiger partial charge in [0, 0.05) is 65.1 Å². The summed E-state index contributed by atoms with van der Waals surface area (Å²) in [5, 5.41) is 0. The van der Waals surface area contributed by atoms with Crippen molar-refractivity contribution in [3.05, 3.63) is 0 Å². The number of piperazine rings is 1. The van der Waals surface area contributed by atoms with Crippen molar-refractivity contribution in [1.29, 1.82) is 0 Å². The maximum atomic E-state index is 12.0. The largest absolute Gasteiger partial charge is 0.393 e. The highest BCUT2D eigenvalue weighted by atomic mass is 32.1. The topological polar surface area (TPSA) is 69.9 Å². The Balaban J connectivity index is 1.70. The molecule has 2 rings (SSSR count). The lowest BCUT2D eigenvalue weighted by atomic mass is 10.1. The molecule has 2 aliphatic heterocycles. The van der Waals surface area contributed by atoms with Gasteiger partial charge in [-0.2, -0.15) is 0 Å². The zero-order chi connectivity index (χ0) is 15.4. The quantitative estimate of drug-likeness (QED) is 0.689. The Morgan fingerprint density at radius 1 is 1.43 bits per heavy atom. The number of hydrogen-bond acceptors (Lipinski definition) is 4. The summed E-state index contributed by atoms with van der Waals surface area (Å²) in [7, 11) is 1.79. The first-order chi connectivity index (χ1) is 9.97. The standard InChI is InChI=1S/C14H24N4O2S/c1-16(6-4-12(15)21)13(19)5-7-17-8-9-18-11(10-17)2-3-14(18)20/h11H,2-10H2,1H3,(H2,15,21). The molecule has 1 unspecified atom stereocenters. The van der Waals surface area contributed by atoms with Gasteiger partial charge in [0.2, 0.25) is 11.8 Å². The van der Waals surface area contributed by atoms with E-state index in [1.54, 1.807) is 11.9 Å². The van der Waals surface area contributed by atoms with Gasteiger partial charge in [0.05, 0.1) is 4.99 Å². The van der Waals surface area contributed by atoms with E-state index in [1.807, 2.05) is 4.90 Å². The normalized spacial score (nSPS) is 22.2. The lowest BCUT2D eigenvalue weighted by Crippen LogP contribution is -2.51. The molecule has 2 amide bonds. The molecule has 0 aliphatic carbocycles. The van der Waals surface area contributed by atoms with Gasteiger partial charge in [0.15, 0.2) is 0 Å². The van der Waals surface area contributed by atoms with Crippen LogP contribution in [0.5, 0.6) is 0 Å². The molecule has 2 N–H and O–H groups in total. The van der Waals surface area contributed by atoms with E-state index in [0.717, 1.165) is 32.6 Å². The third kappa shape index (κ3) is 4.38. The Labute approximate surface area is 131 Å². The molecule has 2 heterocycles. The number of amides is 2. The highest BCUT2D eigenvalue weighted by Crippen LogP contribution is 2.22. The van der Waals surface area contributed by atoms with Crippen LogP contribution in [0.4, 0.5) is 0 Å². The van der Waals surface area contributed by atoms with Gasteiger partial charge in [-0.3, -0.25) is 14.5 Å². The summed E-state index contributed by atoms with van der Waals surface area (Å²) in [6, 6.07) is 0.355. The molecule has 118 valence electrons. The Kier molecular flexibility index (Phi) is 5.52. The molecule has 7 heteroatoms. The molecule has 1 atom stereocenters. The lowest BCUT2D eigenvalue weighted by Gasteiger charge is -2.37. The molecule has 2 fully saturated rings. The van der Waals surface area contributed by atoms with E-state index in [1.165, 1.54) is 0 Å². The highest BCUT2D eigenvalue weighted by Gasteiger charge is 2.35. The van der Waals surface area contributed by atoms with E-state index < -0.39 is 0 Å². The summed E-state index contributed by atoms with van der Waals surface area (Å²) >= 11 is 4.82. The Hall–Kier alpha value is -1.21. The minimum absolute atomic E-state index is 0.121.